The molecule has 1 unspecified atom stereocenters. The van der Waals surface area contributed by atoms with Crippen molar-refractivity contribution in [3.05, 3.63) is 12.2 Å². The Kier molecular flexibility index (Phi) is 23.4. The lowest BCUT2D eigenvalue weighted by molar-refractivity contribution is -0.156. The number of aliphatic carboxylic acids is 2. The number of carboxylic acids is 2. The van der Waals surface area contributed by atoms with Gasteiger partial charge >= 0.3 is 11.9 Å². The zero-order valence-electron chi connectivity index (χ0n) is 23.0. The second-order valence-electron chi connectivity index (χ2n) is 10.2. The SMILES string of the molecule is CCCCCCCCCCCCC(CC=CCCCCCCCCCOCC)(CC(=O)O)C(=O)O. The molecular weight excluding hydrogens is 440 g/mol. The lowest BCUT2D eigenvalue weighted by Gasteiger charge is -2.26. The molecule has 0 aromatic heterocycles. The van der Waals surface area contributed by atoms with E-state index in [1.807, 2.05) is 13.0 Å². The van der Waals surface area contributed by atoms with E-state index >= 15 is 0 Å². The van der Waals surface area contributed by atoms with Crippen LogP contribution >= 0.6 is 0 Å². The molecular formula is C30H56O5. The van der Waals surface area contributed by atoms with Crippen LogP contribution in [0.5, 0.6) is 0 Å². The van der Waals surface area contributed by atoms with Gasteiger partial charge in [-0.3, -0.25) is 9.59 Å². The highest BCUT2D eigenvalue weighted by Gasteiger charge is 2.39. The van der Waals surface area contributed by atoms with E-state index in [9.17, 15) is 19.8 Å². The van der Waals surface area contributed by atoms with E-state index in [2.05, 4.69) is 13.0 Å². The lowest BCUT2D eigenvalue weighted by atomic mass is 9.76. The van der Waals surface area contributed by atoms with Crippen LogP contribution in [-0.2, 0) is 14.3 Å². The molecule has 0 saturated heterocycles. The second kappa shape index (κ2) is 24.3. The number of carboxylic acid groups (broad SMARTS) is 2. The molecule has 0 heterocycles. The quantitative estimate of drug-likeness (QED) is 0.0875. The minimum absolute atomic E-state index is 0.298. The predicted octanol–water partition coefficient (Wildman–Crippen LogP) is 8.95. The van der Waals surface area contributed by atoms with Gasteiger partial charge in [-0.25, -0.2) is 0 Å². The van der Waals surface area contributed by atoms with Crippen molar-refractivity contribution in [1.82, 2.24) is 0 Å². The van der Waals surface area contributed by atoms with Crippen molar-refractivity contribution < 1.29 is 24.5 Å². The summed E-state index contributed by atoms with van der Waals surface area (Å²) in [7, 11) is 0. The number of allylic oxidation sites excluding steroid dienone is 2. The number of rotatable bonds is 27. The Labute approximate surface area is 216 Å². The Bertz CT molecular complexity index is 531. The Balaban J connectivity index is 4.15. The normalized spacial score (nSPS) is 13.3. The van der Waals surface area contributed by atoms with Crippen LogP contribution in [0.4, 0.5) is 0 Å². The number of unbranched alkanes of at least 4 members (excludes halogenated alkanes) is 16. The van der Waals surface area contributed by atoms with E-state index in [1.165, 1.54) is 77.0 Å². The highest BCUT2D eigenvalue weighted by molar-refractivity contribution is 5.81. The van der Waals surface area contributed by atoms with Crippen molar-refractivity contribution in [2.75, 3.05) is 13.2 Å². The van der Waals surface area contributed by atoms with Gasteiger partial charge in [-0.15, -0.1) is 0 Å². The predicted molar refractivity (Wildman–Crippen MR) is 146 cm³/mol. The van der Waals surface area contributed by atoms with Crippen LogP contribution in [0, 0.1) is 5.41 Å². The second-order valence-corrected chi connectivity index (χ2v) is 10.2. The van der Waals surface area contributed by atoms with E-state index in [-0.39, 0.29) is 6.42 Å². The van der Waals surface area contributed by atoms with Crippen molar-refractivity contribution in [2.24, 2.45) is 5.41 Å². The van der Waals surface area contributed by atoms with Crippen LogP contribution in [0.15, 0.2) is 12.2 Å². The van der Waals surface area contributed by atoms with Gasteiger partial charge in [-0.2, -0.15) is 0 Å². The first-order chi connectivity index (χ1) is 17.0. The summed E-state index contributed by atoms with van der Waals surface area (Å²) in [5, 5.41) is 19.3. The van der Waals surface area contributed by atoms with Crippen LogP contribution in [-0.4, -0.2) is 35.4 Å². The van der Waals surface area contributed by atoms with Gasteiger partial charge in [0.05, 0.1) is 11.8 Å². The molecule has 0 aliphatic carbocycles. The zero-order valence-corrected chi connectivity index (χ0v) is 23.0. The fourth-order valence-corrected chi connectivity index (χ4v) is 4.69. The fourth-order valence-electron chi connectivity index (χ4n) is 4.69. The summed E-state index contributed by atoms with van der Waals surface area (Å²) in [6, 6.07) is 0. The van der Waals surface area contributed by atoms with Gasteiger partial charge in [0.1, 0.15) is 0 Å². The fraction of sp³-hybridized carbons (Fsp3) is 0.867. The highest BCUT2D eigenvalue weighted by Crippen LogP contribution is 2.34. The molecule has 2 N–H and O–H groups in total. The molecule has 1 atom stereocenters. The maximum absolute atomic E-state index is 12.1. The molecule has 0 radical (unpaired) electrons. The third-order valence-electron chi connectivity index (χ3n) is 6.99. The van der Waals surface area contributed by atoms with E-state index in [4.69, 9.17) is 4.74 Å². The first-order valence-electron chi connectivity index (χ1n) is 14.7. The average molecular weight is 497 g/mol. The highest BCUT2D eigenvalue weighted by atomic mass is 16.5. The van der Waals surface area contributed by atoms with Crippen LogP contribution in [0.3, 0.4) is 0 Å². The molecule has 0 aromatic carbocycles. The first-order valence-corrected chi connectivity index (χ1v) is 14.7. The number of carbonyl (C=O) groups is 2. The maximum atomic E-state index is 12.1. The largest absolute Gasteiger partial charge is 0.481 e. The lowest BCUT2D eigenvalue weighted by Crippen LogP contribution is -2.33. The summed E-state index contributed by atoms with van der Waals surface area (Å²) >= 11 is 0. The Morgan fingerprint density at radius 1 is 0.686 bits per heavy atom. The van der Waals surface area contributed by atoms with Gasteiger partial charge < -0.3 is 14.9 Å². The van der Waals surface area contributed by atoms with Crippen LogP contribution in [0.1, 0.15) is 149 Å². The van der Waals surface area contributed by atoms with Gasteiger partial charge in [-0.05, 0) is 39.0 Å². The Morgan fingerprint density at radius 2 is 1.20 bits per heavy atom. The summed E-state index contributed by atoms with van der Waals surface area (Å²) < 4.78 is 5.35. The minimum Gasteiger partial charge on any atom is -0.481 e. The summed E-state index contributed by atoms with van der Waals surface area (Å²) in [6.07, 6.45) is 25.7. The van der Waals surface area contributed by atoms with Crippen molar-refractivity contribution in [1.29, 1.82) is 0 Å². The third kappa shape index (κ3) is 20.5. The molecule has 0 aromatic rings. The Hall–Kier alpha value is -1.36. The molecule has 5 nitrogen and oxygen atoms in total. The monoisotopic (exact) mass is 496 g/mol. The first kappa shape index (κ1) is 33.6. The Morgan fingerprint density at radius 3 is 1.71 bits per heavy atom. The molecule has 0 spiro atoms. The summed E-state index contributed by atoms with van der Waals surface area (Å²) in [5.74, 6) is -1.99. The topological polar surface area (TPSA) is 83.8 Å². The average Bonchev–Trinajstić information content (AvgIpc) is 2.82. The van der Waals surface area contributed by atoms with Gasteiger partial charge in [0.2, 0.25) is 0 Å². The van der Waals surface area contributed by atoms with E-state index in [0.717, 1.165) is 51.7 Å². The standard InChI is InChI=1S/C30H56O5/c1-3-5-6-7-8-9-12-15-18-21-24-30(29(33)34,27-28(31)32)25-22-19-16-13-10-11-14-17-20-23-26-35-4-2/h19,22H,3-18,20-21,23-27H2,1-2H3,(H,31,32)(H,33,34). The summed E-state index contributed by atoms with van der Waals surface area (Å²) in [5.41, 5.74) is -1.18. The van der Waals surface area contributed by atoms with Gasteiger partial charge in [0.15, 0.2) is 0 Å². The van der Waals surface area contributed by atoms with Crippen molar-refractivity contribution in [3.8, 4) is 0 Å². The molecule has 0 amide bonds. The molecule has 0 bridgehead atoms. The van der Waals surface area contributed by atoms with E-state index < -0.39 is 17.4 Å². The van der Waals surface area contributed by atoms with Crippen molar-refractivity contribution in [3.63, 3.8) is 0 Å². The third-order valence-corrected chi connectivity index (χ3v) is 6.99. The van der Waals surface area contributed by atoms with Crippen LogP contribution < -0.4 is 0 Å². The molecule has 35 heavy (non-hydrogen) atoms. The van der Waals surface area contributed by atoms with Gasteiger partial charge in [-0.1, -0.05) is 115 Å². The molecule has 0 aliphatic rings. The van der Waals surface area contributed by atoms with E-state index in [0.29, 0.717) is 12.8 Å². The zero-order chi connectivity index (χ0) is 26.0. The van der Waals surface area contributed by atoms with Gasteiger partial charge in [0.25, 0.3) is 0 Å². The maximum Gasteiger partial charge on any atom is 0.310 e. The van der Waals surface area contributed by atoms with E-state index in [1.54, 1.807) is 0 Å². The van der Waals surface area contributed by atoms with Crippen LogP contribution in [0.25, 0.3) is 0 Å². The molecule has 206 valence electrons. The van der Waals surface area contributed by atoms with Crippen molar-refractivity contribution >= 4 is 11.9 Å². The summed E-state index contributed by atoms with van der Waals surface area (Å²) in [4.78, 5) is 23.5. The van der Waals surface area contributed by atoms with Gasteiger partial charge in [0, 0.05) is 13.2 Å². The van der Waals surface area contributed by atoms with Crippen LogP contribution in [0.2, 0.25) is 0 Å². The van der Waals surface area contributed by atoms with Crippen molar-refractivity contribution in [2.45, 2.75) is 149 Å². The molecule has 0 rings (SSSR count). The molecule has 0 aliphatic heterocycles. The summed E-state index contributed by atoms with van der Waals surface area (Å²) in [6.45, 7) is 5.94. The smallest absolute Gasteiger partial charge is 0.310 e. The molecule has 0 fully saturated rings. The molecule has 0 saturated carbocycles. The number of hydrogen-bond donors (Lipinski definition) is 2. The minimum atomic E-state index is -1.18. The number of hydrogen-bond acceptors (Lipinski definition) is 3. The molecule has 5 heteroatoms. The number of ether oxygens (including phenoxy) is 1.